The third-order valence-corrected chi connectivity index (χ3v) is 6.37. The van der Waals surface area contributed by atoms with Crippen molar-refractivity contribution in [3.8, 4) is 11.3 Å². The van der Waals surface area contributed by atoms with Crippen LogP contribution in [0.2, 0.25) is 0 Å². The number of amides is 3. The quantitative estimate of drug-likeness (QED) is 0.253. The van der Waals surface area contributed by atoms with E-state index < -0.39 is 18.2 Å². The number of aromatic nitrogens is 2. The van der Waals surface area contributed by atoms with Crippen molar-refractivity contribution in [2.24, 2.45) is 0 Å². The number of aliphatic hydroxyl groups is 2. The van der Waals surface area contributed by atoms with Gasteiger partial charge in [-0.05, 0) is 49.9 Å². The van der Waals surface area contributed by atoms with Crippen molar-refractivity contribution in [2.45, 2.75) is 50.5 Å². The van der Waals surface area contributed by atoms with Gasteiger partial charge in [0.05, 0.1) is 12.2 Å². The van der Waals surface area contributed by atoms with E-state index in [2.05, 4.69) is 25.9 Å². The summed E-state index contributed by atoms with van der Waals surface area (Å²) in [6.45, 7) is 3.72. The van der Waals surface area contributed by atoms with Crippen LogP contribution >= 0.6 is 11.8 Å². The van der Waals surface area contributed by atoms with E-state index in [4.69, 9.17) is 15.9 Å². The molecule has 0 unspecified atom stereocenters. The third kappa shape index (κ3) is 7.38. The molecule has 3 amide bonds. The molecule has 1 aromatic carbocycles. The maximum atomic E-state index is 12.9. The number of benzene rings is 1. The Bertz CT molecular complexity index is 1110. The molecular weight excluding hydrogens is 472 g/mol. The van der Waals surface area contributed by atoms with E-state index in [0.29, 0.717) is 28.5 Å². The summed E-state index contributed by atoms with van der Waals surface area (Å²) < 4.78 is 0. The second kappa shape index (κ2) is 12.0. The fourth-order valence-electron chi connectivity index (χ4n) is 3.73. The number of aryl methyl sites for hydroxylation is 2. The van der Waals surface area contributed by atoms with Gasteiger partial charge in [0.1, 0.15) is 11.1 Å². The molecule has 7 N–H and O–H groups in total. The molecule has 188 valence electrons. The molecule has 1 aliphatic heterocycles. The first kappa shape index (κ1) is 26.4. The molecule has 1 aromatic heterocycles. The first-order chi connectivity index (χ1) is 16.6. The van der Waals surface area contributed by atoms with E-state index in [0.717, 1.165) is 16.7 Å². The van der Waals surface area contributed by atoms with Gasteiger partial charge in [-0.1, -0.05) is 6.07 Å². The van der Waals surface area contributed by atoms with Gasteiger partial charge in [0.25, 0.3) is 5.91 Å². The summed E-state index contributed by atoms with van der Waals surface area (Å²) in [5, 5.41) is 26.6. The summed E-state index contributed by atoms with van der Waals surface area (Å²) in [6.07, 6.45) is -0.900. The Morgan fingerprint density at radius 2 is 1.94 bits per heavy atom. The molecule has 2 heterocycles. The molecule has 11 nitrogen and oxygen atoms in total. The molecule has 0 saturated carbocycles. The van der Waals surface area contributed by atoms with Gasteiger partial charge in [0.2, 0.25) is 17.8 Å². The maximum Gasteiger partial charge on any atom is 0.251 e. The average molecular weight is 503 g/mol. The van der Waals surface area contributed by atoms with Crippen molar-refractivity contribution >= 4 is 35.4 Å². The van der Waals surface area contributed by atoms with Crippen LogP contribution in [0.15, 0.2) is 23.2 Å². The highest BCUT2D eigenvalue weighted by Gasteiger charge is 2.22. The van der Waals surface area contributed by atoms with Gasteiger partial charge >= 0.3 is 0 Å². The molecule has 0 spiro atoms. The van der Waals surface area contributed by atoms with Crippen LogP contribution in [0.1, 0.15) is 40.7 Å². The number of rotatable bonds is 3. The molecule has 2 aromatic rings. The third-order valence-electron chi connectivity index (χ3n) is 5.46. The maximum absolute atomic E-state index is 12.9. The van der Waals surface area contributed by atoms with Gasteiger partial charge in [-0.25, -0.2) is 9.97 Å². The number of carbonyl (C=O) groups excluding carboxylic acids is 3. The van der Waals surface area contributed by atoms with Crippen LogP contribution in [0.25, 0.3) is 11.3 Å². The first-order valence-electron chi connectivity index (χ1n) is 11.2. The van der Waals surface area contributed by atoms with E-state index in [-0.39, 0.29) is 43.7 Å². The Kier molecular flexibility index (Phi) is 9.01. The molecule has 0 saturated heterocycles. The van der Waals surface area contributed by atoms with Crippen LogP contribution in [0.3, 0.4) is 0 Å². The van der Waals surface area contributed by atoms with Gasteiger partial charge in [-0.15, -0.1) is 11.8 Å². The van der Waals surface area contributed by atoms with Gasteiger partial charge in [-0.2, -0.15) is 0 Å². The number of hydrogen-bond donors (Lipinski definition) is 6. The van der Waals surface area contributed by atoms with Crippen LogP contribution in [0, 0.1) is 13.8 Å². The molecule has 4 bridgehead atoms. The lowest BCUT2D eigenvalue weighted by atomic mass is 9.97. The largest absolute Gasteiger partial charge is 0.368 e. The van der Waals surface area contributed by atoms with Crippen LogP contribution in [-0.2, 0) is 9.59 Å². The number of aliphatic hydroxyl groups excluding tert-OH is 1. The Morgan fingerprint density at radius 1 is 1.20 bits per heavy atom. The van der Waals surface area contributed by atoms with Gasteiger partial charge in [0, 0.05) is 29.8 Å². The molecule has 35 heavy (non-hydrogen) atoms. The minimum Gasteiger partial charge on any atom is -0.368 e. The lowest BCUT2D eigenvalue weighted by Crippen LogP contribution is -2.48. The fraction of sp³-hybridized carbons (Fsp3) is 0.435. The number of nitrogens with zero attached hydrogens (tertiary/aromatic N) is 2. The summed E-state index contributed by atoms with van der Waals surface area (Å²) in [4.78, 5) is 46.5. The Hall–Kier alpha value is -3.22. The smallest absolute Gasteiger partial charge is 0.251 e. The van der Waals surface area contributed by atoms with Gasteiger partial charge < -0.3 is 31.9 Å². The van der Waals surface area contributed by atoms with Crippen molar-refractivity contribution in [2.75, 3.05) is 24.6 Å². The number of nitrogens with one attached hydrogen (secondary N) is 3. The first-order valence-corrected chi connectivity index (χ1v) is 12.2. The van der Waals surface area contributed by atoms with E-state index >= 15 is 0 Å². The molecule has 1 aliphatic rings. The number of nitrogen functional groups attached to an aromatic ring is 1. The molecule has 0 radical (unpaired) electrons. The molecule has 12 heteroatoms. The number of hydrogen-bond acceptors (Lipinski definition) is 9. The summed E-state index contributed by atoms with van der Waals surface area (Å²) in [5.41, 5.74) is 9.54. The lowest BCUT2D eigenvalue weighted by molar-refractivity contribution is -0.130. The fourth-order valence-corrected chi connectivity index (χ4v) is 4.58. The minimum atomic E-state index is -1.70. The molecule has 0 fully saturated rings. The summed E-state index contributed by atoms with van der Waals surface area (Å²) >= 11 is 1.33. The van der Waals surface area contributed by atoms with Crippen molar-refractivity contribution in [3.63, 3.8) is 0 Å². The number of carbonyl (C=O) groups is 3. The normalized spacial score (nSPS) is 17.3. The summed E-state index contributed by atoms with van der Waals surface area (Å²) in [6, 6.07) is 4.60. The van der Waals surface area contributed by atoms with Crippen molar-refractivity contribution in [3.05, 3.63) is 34.9 Å². The van der Waals surface area contributed by atoms with E-state index in [1.807, 2.05) is 19.9 Å². The van der Waals surface area contributed by atoms with E-state index in [1.165, 1.54) is 11.8 Å². The Balaban J connectivity index is 1.89. The number of thioether (sulfide) groups is 1. The molecule has 3 rings (SSSR count). The zero-order valence-electron chi connectivity index (χ0n) is 19.6. The second-order valence-electron chi connectivity index (χ2n) is 8.27. The highest BCUT2D eigenvalue weighted by molar-refractivity contribution is 7.99. The highest BCUT2D eigenvalue weighted by Crippen LogP contribution is 2.29. The number of anilines is 1. The highest BCUT2D eigenvalue weighted by atomic mass is 32.2. The SMILES string of the molecule is Cc1cc(C)c2cc1C(=O)NCCC[C@@H](C(=O)NCC(O)O)NC(=O)CCSc1cc-2nc(N)n1. The van der Waals surface area contributed by atoms with E-state index in [9.17, 15) is 14.4 Å². The second-order valence-corrected chi connectivity index (χ2v) is 9.39. The van der Waals surface area contributed by atoms with E-state index in [1.54, 1.807) is 12.1 Å². The zero-order valence-corrected chi connectivity index (χ0v) is 20.4. The molecular formula is C23H30N6O5S. The van der Waals surface area contributed by atoms with Gasteiger partial charge in [-0.3, -0.25) is 14.4 Å². The summed E-state index contributed by atoms with van der Waals surface area (Å²) in [5.74, 6) is -0.658. The topological polar surface area (TPSA) is 180 Å². The predicted octanol–water partition coefficient (Wildman–Crippen LogP) is 0.260. The Morgan fingerprint density at radius 3 is 2.69 bits per heavy atom. The van der Waals surface area contributed by atoms with Crippen LogP contribution in [0.5, 0.6) is 0 Å². The van der Waals surface area contributed by atoms with Crippen molar-refractivity contribution in [1.82, 2.24) is 25.9 Å². The van der Waals surface area contributed by atoms with Crippen LogP contribution in [-0.4, -0.2) is 69.1 Å². The zero-order chi connectivity index (χ0) is 25.5. The summed E-state index contributed by atoms with van der Waals surface area (Å²) in [7, 11) is 0. The standard InChI is InChI=1S/C23H30N6O5S/c1-12-8-13(2)15-9-14(12)17-10-19(29-23(24)28-17)35-7-5-18(30)27-16(4-3-6-25-21(15)33)22(34)26-11-20(31)32/h8-10,16,20,31-32H,3-7,11H2,1-2H3,(H,25,33)(H,26,34)(H,27,30)(H2,24,28,29)/t16-/m0/s1. The average Bonchev–Trinajstić information content (AvgIpc) is 2.78. The monoisotopic (exact) mass is 502 g/mol. The predicted molar refractivity (Wildman–Crippen MR) is 131 cm³/mol. The Labute approximate surface area is 207 Å². The number of fused-ring (bicyclic) bond motifs is 5. The van der Waals surface area contributed by atoms with Crippen LogP contribution < -0.4 is 21.7 Å². The van der Waals surface area contributed by atoms with Crippen LogP contribution in [0.4, 0.5) is 5.95 Å². The number of nitrogens with two attached hydrogens (primary N) is 1. The van der Waals surface area contributed by atoms with Crippen molar-refractivity contribution in [1.29, 1.82) is 0 Å². The molecule has 0 aliphatic carbocycles. The molecule has 1 atom stereocenters. The minimum absolute atomic E-state index is 0.0844. The van der Waals surface area contributed by atoms with Crippen molar-refractivity contribution < 1.29 is 24.6 Å². The lowest BCUT2D eigenvalue weighted by Gasteiger charge is -2.19. The van der Waals surface area contributed by atoms with Gasteiger partial charge in [0.15, 0.2) is 6.29 Å².